The summed E-state index contributed by atoms with van der Waals surface area (Å²) in [6.07, 6.45) is 0. The molecular formula is C20H22N6O3. The normalized spacial score (nSPS) is 14.9. The Labute approximate surface area is 167 Å². The van der Waals surface area contributed by atoms with Gasteiger partial charge in [0.2, 0.25) is 0 Å². The molecule has 1 aliphatic rings. The highest BCUT2D eigenvalue weighted by atomic mass is 16.6. The molecule has 0 saturated carbocycles. The lowest BCUT2D eigenvalue weighted by Gasteiger charge is -2.35. The van der Waals surface area contributed by atoms with Crippen LogP contribution in [-0.4, -0.2) is 58.7 Å². The number of nitro benzene ring substituents is 1. The van der Waals surface area contributed by atoms with Crippen LogP contribution >= 0.6 is 0 Å². The molecule has 9 heteroatoms. The van der Waals surface area contributed by atoms with Crippen molar-refractivity contribution in [3.63, 3.8) is 0 Å². The Hall–Kier alpha value is -3.46. The molecule has 0 atom stereocenters. The molecule has 4 rings (SSSR count). The van der Waals surface area contributed by atoms with Gasteiger partial charge in [0.15, 0.2) is 5.69 Å². The van der Waals surface area contributed by atoms with Gasteiger partial charge >= 0.3 is 0 Å². The van der Waals surface area contributed by atoms with Gasteiger partial charge in [-0.15, -0.1) is 0 Å². The summed E-state index contributed by atoms with van der Waals surface area (Å²) in [7, 11) is 3.84. The van der Waals surface area contributed by atoms with Crippen LogP contribution in [0.2, 0.25) is 0 Å². The van der Waals surface area contributed by atoms with Crippen molar-refractivity contribution < 1.29 is 9.72 Å². The lowest BCUT2D eigenvalue weighted by Crippen LogP contribution is -2.44. The van der Waals surface area contributed by atoms with E-state index in [-0.39, 0.29) is 5.69 Å². The molecule has 0 spiro atoms. The van der Waals surface area contributed by atoms with Crippen LogP contribution < -0.4 is 10.2 Å². The van der Waals surface area contributed by atoms with E-state index in [1.165, 1.54) is 12.1 Å². The second kappa shape index (κ2) is 7.51. The minimum absolute atomic E-state index is 0.0657. The molecular weight excluding hydrogens is 372 g/mol. The zero-order chi connectivity index (χ0) is 20.5. The van der Waals surface area contributed by atoms with E-state index in [1.54, 1.807) is 17.8 Å². The third kappa shape index (κ3) is 3.64. The number of para-hydroxylation sites is 1. The maximum atomic E-state index is 13.0. The first kappa shape index (κ1) is 18.9. The fourth-order valence-corrected chi connectivity index (χ4v) is 3.62. The first-order chi connectivity index (χ1) is 13.9. The third-order valence-electron chi connectivity index (χ3n) is 5.26. The summed E-state index contributed by atoms with van der Waals surface area (Å²) in [5.41, 5.74) is 2.26. The van der Waals surface area contributed by atoms with E-state index in [0.29, 0.717) is 11.4 Å². The maximum Gasteiger partial charge on any atom is 0.276 e. The minimum atomic E-state index is -0.459. The monoisotopic (exact) mass is 394 g/mol. The molecule has 150 valence electrons. The predicted molar refractivity (Wildman–Crippen MR) is 111 cm³/mol. The molecule has 0 radical (unpaired) electrons. The van der Waals surface area contributed by atoms with Gasteiger partial charge in [-0.3, -0.25) is 19.6 Å². The molecule has 2 heterocycles. The first-order valence-electron chi connectivity index (χ1n) is 9.39. The number of rotatable bonds is 4. The van der Waals surface area contributed by atoms with Gasteiger partial charge in [0.1, 0.15) is 0 Å². The Morgan fingerprint density at radius 2 is 1.83 bits per heavy atom. The SMILES string of the molecule is CN1CCN(c2ccc([N+](=O)[O-])cc2NC(=O)c2nn(C)c3ccccc23)CC1. The Morgan fingerprint density at radius 3 is 2.55 bits per heavy atom. The number of nitrogens with zero attached hydrogens (tertiary/aromatic N) is 5. The van der Waals surface area contributed by atoms with Crippen molar-refractivity contribution >= 4 is 33.9 Å². The van der Waals surface area contributed by atoms with Gasteiger partial charge < -0.3 is 15.1 Å². The van der Waals surface area contributed by atoms with Gasteiger partial charge in [-0.2, -0.15) is 5.10 Å². The quantitative estimate of drug-likeness (QED) is 0.539. The van der Waals surface area contributed by atoms with Gasteiger partial charge in [-0.25, -0.2) is 0 Å². The molecule has 1 amide bonds. The zero-order valence-electron chi connectivity index (χ0n) is 16.3. The summed E-state index contributed by atoms with van der Waals surface area (Å²) in [5.74, 6) is -0.391. The van der Waals surface area contributed by atoms with Crippen LogP contribution in [0.5, 0.6) is 0 Å². The average molecular weight is 394 g/mol. The molecule has 1 N–H and O–H groups in total. The number of likely N-dealkylation sites (N-methyl/N-ethyl adjacent to an activating group) is 1. The number of non-ortho nitro benzene ring substituents is 1. The number of benzene rings is 2. The van der Waals surface area contributed by atoms with Crippen LogP contribution in [-0.2, 0) is 7.05 Å². The van der Waals surface area contributed by atoms with E-state index in [9.17, 15) is 14.9 Å². The van der Waals surface area contributed by atoms with E-state index < -0.39 is 10.8 Å². The zero-order valence-corrected chi connectivity index (χ0v) is 16.3. The predicted octanol–water partition coefficient (Wildman–Crippen LogP) is 2.49. The van der Waals surface area contributed by atoms with E-state index in [2.05, 4.69) is 27.3 Å². The lowest BCUT2D eigenvalue weighted by atomic mass is 10.1. The standard InChI is InChI=1S/C20H22N6O3/c1-23-9-11-25(12-10-23)18-8-7-14(26(28)29)13-16(18)21-20(27)19-15-5-3-4-6-17(15)24(2)22-19/h3-8,13H,9-12H2,1-2H3,(H,21,27). The van der Waals surface area contributed by atoms with E-state index in [0.717, 1.165) is 42.8 Å². The average Bonchev–Trinajstić information content (AvgIpc) is 3.06. The number of anilines is 2. The number of aryl methyl sites for hydroxylation is 1. The molecule has 0 bridgehead atoms. The fraction of sp³-hybridized carbons (Fsp3) is 0.300. The van der Waals surface area contributed by atoms with Gasteiger partial charge in [0.25, 0.3) is 11.6 Å². The minimum Gasteiger partial charge on any atom is -0.367 e. The van der Waals surface area contributed by atoms with Crippen molar-refractivity contribution in [1.29, 1.82) is 0 Å². The number of carbonyl (C=O) groups excluding carboxylic acids is 1. The molecule has 0 aliphatic carbocycles. The maximum absolute atomic E-state index is 13.0. The molecule has 3 aromatic rings. The fourth-order valence-electron chi connectivity index (χ4n) is 3.62. The summed E-state index contributed by atoms with van der Waals surface area (Å²) < 4.78 is 1.65. The molecule has 1 fully saturated rings. The van der Waals surface area contributed by atoms with Crippen LogP contribution in [0.15, 0.2) is 42.5 Å². The highest BCUT2D eigenvalue weighted by Gasteiger charge is 2.22. The van der Waals surface area contributed by atoms with Gasteiger partial charge in [0.05, 0.1) is 21.8 Å². The summed E-state index contributed by atoms with van der Waals surface area (Å²) in [6, 6.07) is 12.1. The van der Waals surface area contributed by atoms with Crippen molar-refractivity contribution in [2.24, 2.45) is 7.05 Å². The van der Waals surface area contributed by atoms with Crippen LogP contribution in [0.1, 0.15) is 10.5 Å². The second-order valence-electron chi connectivity index (χ2n) is 7.19. The van der Waals surface area contributed by atoms with E-state index >= 15 is 0 Å². The number of fused-ring (bicyclic) bond motifs is 1. The molecule has 2 aromatic carbocycles. The van der Waals surface area contributed by atoms with Crippen molar-refractivity contribution in [2.75, 3.05) is 43.4 Å². The largest absolute Gasteiger partial charge is 0.367 e. The summed E-state index contributed by atoms with van der Waals surface area (Å²) in [5, 5.41) is 19.2. The highest BCUT2D eigenvalue weighted by Crippen LogP contribution is 2.31. The Kier molecular flexibility index (Phi) is 4.89. The molecule has 0 unspecified atom stereocenters. The number of hydrogen-bond acceptors (Lipinski definition) is 6. The third-order valence-corrected chi connectivity index (χ3v) is 5.26. The van der Waals surface area contributed by atoms with Gasteiger partial charge in [0, 0.05) is 50.7 Å². The van der Waals surface area contributed by atoms with Crippen LogP contribution in [0.3, 0.4) is 0 Å². The van der Waals surface area contributed by atoms with E-state index in [4.69, 9.17) is 0 Å². The number of aromatic nitrogens is 2. The summed E-state index contributed by atoms with van der Waals surface area (Å²) >= 11 is 0. The summed E-state index contributed by atoms with van der Waals surface area (Å²) in [6.45, 7) is 3.33. The van der Waals surface area contributed by atoms with Crippen molar-refractivity contribution in [2.45, 2.75) is 0 Å². The molecule has 29 heavy (non-hydrogen) atoms. The number of amides is 1. The number of nitrogens with one attached hydrogen (secondary N) is 1. The molecule has 1 aliphatic heterocycles. The van der Waals surface area contributed by atoms with Crippen LogP contribution in [0.25, 0.3) is 10.9 Å². The Morgan fingerprint density at radius 1 is 1.10 bits per heavy atom. The Balaban J connectivity index is 1.69. The topological polar surface area (TPSA) is 96.5 Å². The Bertz CT molecular complexity index is 1090. The number of nitro groups is 1. The molecule has 9 nitrogen and oxygen atoms in total. The highest BCUT2D eigenvalue weighted by molar-refractivity contribution is 6.12. The van der Waals surface area contributed by atoms with Gasteiger partial charge in [-0.1, -0.05) is 18.2 Å². The molecule has 1 aromatic heterocycles. The van der Waals surface area contributed by atoms with E-state index in [1.807, 2.05) is 24.3 Å². The summed E-state index contributed by atoms with van der Waals surface area (Å²) in [4.78, 5) is 28.2. The lowest BCUT2D eigenvalue weighted by molar-refractivity contribution is -0.384. The number of piperazine rings is 1. The van der Waals surface area contributed by atoms with Crippen molar-refractivity contribution in [1.82, 2.24) is 14.7 Å². The number of hydrogen-bond donors (Lipinski definition) is 1. The smallest absolute Gasteiger partial charge is 0.276 e. The van der Waals surface area contributed by atoms with Crippen molar-refractivity contribution in [3.05, 3.63) is 58.3 Å². The van der Waals surface area contributed by atoms with Crippen LogP contribution in [0, 0.1) is 10.1 Å². The van der Waals surface area contributed by atoms with Crippen molar-refractivity contribution in [3.8, 4) is 0 Å². The second-order valence-corrected chi connectivity index (χ2v) is 7.19. The molecule has 1 saturated heterocycles. The first-order valence-corrected chi connectivity index (χ1v) is 9.39. The van der Waals surface area contributed by atoms with Crippen LogP contribution in [0.4, 0.5) is 17.1 Å². The number of carbonyl (C=O) groups is 1. The van der Waals surface area contributed by atoms with Gasteiger partial charge in [-0.05, 0) is 19.2 Å².